The summed E-state index contributed by atoms with van der Waals surface area (Å²) >= 11 is 0. The molecule has 1 saturated heterocycles. The number of furan rings is 1. The van der Waals surface area contributed by atoms with Gasteiger partial charge >= 0.3 is 0 Å². The highest BCUT2D eigenvalue weighted by atomic mass is 16.5. The molecule has 7 heteroatoms. The van der Waals surface area contributed by atoms with Gasteiger partial charge in [-0.25, -0.2) is 0 Å². The van der Waals surface area contributed by atoms with Gasteiger partial charge in [0.2, 0.25) is 11.8 Å². The topological polar surface area (TPSA) is 75.0 Å². The van der Waals surface area contributed by atoms with Gasteiger partial charge < -0.3 is 19.4 Å². The van der Waals surface area contributed by atoms with Crippen LogP contribution in [0, 0.1) is 6.92 Å². The van der Waals surface area contributed by atoms with Crippen molar-refractivity contribution in [3.8, 4) is 5.75 Å². The Kier molecular flexibility index (Phi) is 7.30. The Morgan fingerprint density at radius 2 is 2.13 bits per heavy atom. The van der Waals surface area contributed by atoms with Crippen molar-refractivity contribution in [2.45, 2.75) is 25.9 Å². The lowest BCUT2D eigenvalue weighted by Gasteiger charge is -2.34. The minimum atomic E-state index is -0.491. The van der Waals surface area contributed by atoms with Crippen LogP contribution < -0.4 is 10.1 Å². The van der Waals surface area contributed by atoms with Crippen molar-refractivity contribution in [2.24, 2.45) is 0 Å². The summed E-state index contributed by atoms with van der Waals surface area (Å²) in [4.78, 5) is 28.8. The monoisotopic (exact) mass is 411 g/mol. The molecule has 2 heterocycles. The van der Waals surface area contributed by atoms with Crippen LogP contribution in [-0.2, 0) is 16.1 Å². The maximum Gasteiger partial charge on any atom is 0.237 e. The van der Waals surface area contributed by atoms with Crippen molar-refractivity contribution in [2.75, 3.05) is 33.8 Å². The van der Waals surface area contributed by atoms with Gasteiger partial charge in [-0.2, -0.15) is 0 Å². The van der Waals surface area contributed by atoms with Crippen LogP contribution in [0.2, 0.25) is 0 Å². The quantitative estimate of drug-likeness (QED) is 0.722. The average molecular weight is 412 g/mol. The van der Waals surface area contributed by atoms with E-state index in [-0.39, 0.29) is 18.2 Å². The highest BCUT2D eigenvalue weighted by Gasteiger charge is 2.31. The second-order valence-corrected chi connectivity index (χ2v) is 7.41. The Morgan fingerprint density at radius 3 is 2.87 bits per heavy atom. The fourth-order valence-electron chi connectivity index (χ4n) is 3.53. The third-order valence-corrected chi connectivity index (χ3v) is 5.20. The van der Waals surface area contributed by atoms with Crippen molar-refractivity contribution in [1.29, 1.82) is 0 Å². The predicted molar refractivity (Wildman–Crippen MR) is 115 cm³/mol. The summed E-state index contributed by atoms with van der Waals surface area (Å²) in [7, 11) is 3.37. The van der Waals surface area contributed by atoms with Crippen molar-refractivity contribution in [1.82, 2.24) is 15.1 Å². The van der Waals surface area contributed by atoms with E-state index in [0.29, 0.717) is 26.2 Å². The first-order valence-corrected chi connectivity index (χ1v) is 10.1. The number of carbonyl (C=O) groups is 2. The molecule has 7 nitrogen and oxygen atoms in total. The first-order valence-electron chi connectivity index (χ1n) is 10.1. The number of nitrogens with zero attached hydrogens (tertiary/aromatic N) is 2. The molecule has 2 amide bonds. The number of aryl methyl sites for hydroxylation is 1. The van der Waals surface area contributed by atoms with Gasteiger partial charge in [0.05, 0.1) is 26.1 Å². The molecule has 3 rings (SSSR count). The lowest BCUT2D eigenvalue weighted by Crippen LogP contribution is -2.56. The van der Waals surface area contributed by atoms with E-state index >= 15 is 0 Å². The molecule has 1 aliphatic rings. The van der Waals surface area contributed by atoms with Crippen LogP contribution in [0.5, 0.6) is 5.75 Å². The van der Waals surface area contributed by atoms with Crippen LogP contribution in [0.4, 0.5) is 0 Å². The van der Waals surface area contributed by atoms with E-state index < -0.39 is 6.04 Å². The van der Waals surface area contributed by atoms with Crippen LogP contribution in [0.3, 0.4) is 0 Å². The van der Waals surface area contributed by atoms with Crippen LogP contribution in [0.15, 0.2) is 46.9 Å². The first kappa shape index (κ1) is 21.6. The lowest BCUT2D eigenvalue weighted by molar-refractivity contribution is -0.138. The van der Waals surface area contributed by atoms with Gasteiger partial charge in [0, 0.05) is 32.2 Å². The minimum absolute atomic E-state index is 0.0928. The molecule has 1 aromatic heterocycles. The zero-order valence-corrected chi connectivity index (χ0v) is 17.8. The lowest BCUT2D eigenvalue weighted by atomic mass is 10.1. The molecule has 2 aromatic rings. The largest absolute Gasteiger partial charge is 0.496 e. The summed E-state index contributed by atoms with van der Waals surface area (Å²) in [6.45, 7) is 4.10. The number of benzene rings is 1. The van der Waals surface area contributed by atoms with Crippen LogP contribution in [-0.4, -0.2) is 61.4 Å². The summed E-state index contributed by atoms with van der Waals surface area (Å²) in [5.41, 5.74) is 0.975. The van der Waals surface area contributed by atoms with E-state index in [2.05, 4.69) is 5.32 Å². The third-order valence-electron chi connectivity index (χ3n) is 5.20. The van der Waals surface area contributed by atoms with Gasteiger partial charge in [-0.1, -0.05) is 30.4 Å². The molecule has 0 saturated carbocycles. The number of hydrogen-bond acceptors (Lipinski definition) is 5. The Balaban J connectivity index is 1.61. The van der Waals surface area contributed by atoms with Gasteiger partial charge in [0.1, 0.15) is 17.3 Å². The van der Waals surface area contributed by atoms with Gasteiger partial charge in [0.15, 0.2) is 0 Å². The number of ether oxygens (including phenoxy) is 1. The Labute approximate surface area is 177 Å². The molecule has 0 radical (unpaired) electrons. The summed E-state index contributed by atoms with van der Waals surface area (Å²) in [6.07, 6.45) is 4.11. The molecule has 1 fully saturated rings. The van der Waals surface area contributed by atoms with Crippen molar-refractivity contribution in [3.05, 3.63) is 59.6 Å². The standard InChI is InChI=1S/C23H29N3O4/c1-17-10-11-19(30-17)16-25(2)22(27)15-20-23(28)24-12-14-26(20)13-6-8-18-7-4-5-9-21(18)29-3/h4-11,20H,12-16H2,1-3H3,(H,24,28)/b8-6+. The normalized spacial score (nSPS) is 17.2. The summed E-state index contributed by atoms with van der Waals surface area (Å²) < 4.78 is 10.9. The maximum atomic E-state index is 12.7. The first-order chi connectivity index (χ1) is 14.5. The summed E-state index contributed by atoms with van der Waals surface area (Å²) in [5.74, 6) is 2.14. The van der Waals surface area contributed by atoms with Crippen molar-refractivity contribution < 1.29 is 18.7 Å². The number of piperazine rings is 1. The SMILES string of the molecule is COc1ccccc1/C=C/CN1CCNC(=O)C1CC(=O)N(C)Cc1ccc(C)o1. The van der Waals surface area contributed by atoms with Crippen LogP contribution in [0.25, 0.3) is 6.08 Å². The highest BCUT2D eigenvalue weighted by Crippen LogP contribution is 2.19. The van der Waals surface area contributed by atoms with E-state index in [1.54, 1.807) is 19.1 Å². The smallest absolute Gasteiger partial charge is 0.237 e. The summed E-state index contributed by atoms with van der Waals surface area (Å²) in [5, 5.41) is 2.87. The fourth-order valence-corrected chi connectivity index (χ4v) is 3.53. The highest BCUT2D eigenvalue weighted by molar-refractivity contribution is 5.88. The van der Waals surface area contributed by atoms with E-state index in [4.69, 9.17) is 9.15 Å². The van der Waals surface area contributed by atoms with Gasteiger partial charge in [0.25, 0.3) is 0 Å². The number of rotatable bonds is 8. The molecule has 1 aliphatic heterocycles. The molecule has 1 aromatic carbocycles. The zero-order valence-electron chi connectivity index (χ0n) is 17.8. The number of carbonyl (C=O) groups excluding carboxylic acids is 2. The molecular formula is C23H29N3O4. The fraction of sp³-hybridized carbons (Fsp3) is 0.391. The molecule has 0 bridgehead atoms. The van der Waals surface area contributed by atoms with Gasteiger partial charge in [-0.15, -0.1) is 0 Å². The third kappa shape index (κ3) is 5.51. The number of nitrogens with one attached hydrogen (secondary N) is 1. The minimum Gasteiger partial charge on any atom is -0.496 e. The van der Waals surface area contributed by atoms with E-state index in [0.717, 1.165) is 22.8 Å². The zero-order chi connectivity index (χ0) is 21.5. The molecule has 160 valence electrons. The Hall–Kier alpha value is -3.06. The molecule has 0 spiro atoms. The Bertz CT molecular complexity index is 905. The van der Waals surface area contributed by atoms with E-state index in [9.17, 15) is 9.59 Å². The van der Waals surface area contributed by atoms with Gasteiger partial charge in [-0.3, -0.25) is 14.5 Å². The second-order valence-electron chi connectivity index (χ2n) is 7.41. The maximum absolute atomic E-state index is 12.7. The number of para-hydroxylation sites is 1. The number of hydrogen-bond donors (Lipinski definition) is 1. The molecular weight excluding hydrogens is 382 g/mol. The van der Waals surface area contributed by atoms with E-state index in [1.165, 1.54) is 0 Å². The average Bonchev–Trinajstić information content (AvgIpc) is 3.15. The molecule has 1 atom stereocenters. The number of amides is 2. The molecule has 1 N–H and O–H groups in total. The van der Waals surface area contributed by atoms with Crippen molar-refractivity contribution >= 4 is 17.9 Å². The van der Waals surface area contributed by atoms with Crippen LogP contribution >= 0.6 is 0 Å². The Morgan fingerprint density at radius 1 is 1.33 bits per heavy atom. The van der Waals surface area contributed by atoms with E-state index in [1.807, 2.05) is 60.4 Å². The molecule has 0 aliphatic carbocycles. The van der Waals surface area contributed by atoms with Crippen LogP contribution in [0.1, 0.15) is 23.5 Å². The van der Waals surface area contributed by atoms with Gasteiger partial charge in [-0.05, 0) is 25.1 Å². The van der Waals surface area contributed by atoms with Crippen molar-refractivity contribution in [3.63, 3.8) is 0 Å². The molecule has 30 heavy (non-hydrogen) atoms. The second kappa shape index (κ2) is 10.1. The summed E-state index contributed by atoms with van der Waals surface area (Å²) in [6, 6.07) is 11.0. The predicted octanol–water partition coefficient (Wildman–Crippen LogP) is 2.46. The molecule has 1 unspecified atom stereocenters. The number of methoxy groups -OCH3 is 1.